The first-order valence-corrected chi connectivity index (χ1v) is 7.37. The SMILES string of the molecule is O=Cc1cn(C2CCCC2)nc1-c1cccc(Br)c1. The van der Waals surface area contributed by atoms with Crippen LogP contribution in [0.5, 0.6) is 0 Å². The Morgan fingerprint density at radius 1 is 1.32 bits per heavy atom. The molecule has 2 aromatic rings. The maximum atomic E-state index is 11.2. The van der Waals surface area contributed by atoms with Crippen LogP contribution in [-0.2, 0) is 0 Å². The second-order valence-electron chi connectivity index (χ2n) is 4.98. The largest absolute Gasteiger partial charge is 0.298 e. The molecular formula is C15H15BrN2O. The topological polar surface area (TPSA) is 34.9 Å². The van der Waals surface area contributed by atoms with E-state index in [2.05, 4.69) is 21.0 Å². The van der Waals surface area contributed by atoms with Gasteiger partial charge in [-0.05, 0) is 25.0 Å². The van der Waals surface area contributed by atoms with E-state index in [0.29, 0.717) is 11.6 Å². The quantitative estimate of drug-likeness (QED) is 0.793. The predicted molar refractivity (Wildman–Crippen MR) is 78.3 cm³/mol. The second-order valence-corrected chi connectivity index (χ2v) is 5.90. The number of aldehydes is 1. The maximum absolute atomic E-state index is 11.2. The summed E-state index contributed by atoms with van der Waals surface area (Å²) in [6.45, 7) is 0. The van der Waals surface area contributed by atoms with Crippen molar-refractivity contribution < 1.29 is 4.79 Å². The van der Waals surface area contributed by atoms with Crippen LogP contribution >= 0.6 is 15.9 Å². The van der Waals surface area contributed by atoms with E-state index in [9.17, 15) is 4.79 Å². The third-order valence-electron chi connectivity index (χ3n) is 3.68. The number of rotatable bonds is 3. The van der Waals surface area contributed by atoms with Crippen LogP contribution in [0.2, 0.25) is 0 Å². The normalized spacial score (nSPS) is 15.8. The fourth-order valence-electron chi connectivity index (χ4n) is 2.71. The standard InChI is InChI=1S/C15H15BrN2O/c16-13-5-3-4-11(8-13)15-12(10-19)9-18(17-15)14-6-1-2-7-14/h3-5,8-10,14H,1-2,6-7H2. The van der Waals surface area contributed by atoms with Gasteiger partial charge in [-0.25, -0.2) is 0 Å². The van der Waals surface area contributed by atoms with Gasteiger partial charge in [-0.3, -0.25) is 9.48 Å². The minimum Gasteiger partial charge on any atom is -0.298 e. The molecule has 0 amide bonds. The van der Waals surface area contributed by atoms with Gasteiger partial charge < -0.3 is 0 Å². The number of hydrogen-bond donors (Lipinski definition) is 0. The second kappa shape index (κ2) is 5.29. The number of halogens is 1. The van der Waals surface area contributed by atoms with Crippen molar-refractivity contribution in [2.45, 2.75) is 31.7 Å². The highest BCUT2D eigenvalue weighted by molar-refractivity contribution is 9.10. The van der Waals surface area contributed by atoms with Gasteiger partial charge in [-0.1, -0.05) is 40.9 Å². The zero-order valence-corrected chi connectivity index (χ0v) is 12.1. The van der Waals surface area contributed by atoms with Crippen LogP contribution in [0.3, 0.4) is 0 Å². The zero-order chi connectivity index (χ0) is 13.2. The smallest absolute Gasteiger partial charge is 0.153 e. The lowest BCUT2D eigenvalue weighted by Crippen LogP contribution is -2.04. The number of carbonyl (C=O) groups is 1. The molecule has 1 aromatic heterocycles. The Labute approximate surface area is 120 Å². The Morgan fingerprint density at radius 2 is 2.11 bits per heavy atom. The van der Waals surface area contributed by atoms with Crippen molar-refractivity contribution in [3.05, 3.63) is 40.5 Å². The Kier molecular flexibility index (Phi) is 3.51. The molecule has 3 nitrogen and oxygen atoms in total. The van der Waals surface area contributed by atoms with Gasteiger partial charge in [-0.15, -0.1) is 0 Å². The summed E-state index contributed by atoms with van der Waals surface area (Å²) in [5, 5.41) is 4.64. The molecule has 1 saturated carbocycles. The molecule has 0 spiro atoms. The summed E-state index contributed by atoms with van der Waals surface area (Å²) in [5.74, 6) is 0. The van der Waals surface area contributed by atoms with Crippen molar-refractivity contribution in [3.8, 4) is 11.3 Å². The first-order chi connectivity index (χ1) is 9.28. The molecule has 0 aliphatic heterocycles. The molecule has 0 atom stereocenters. The summed E-state index contributed by atoms with van der Waals surface area (Å²) in [6, 6.07) is 8.37. The third kappa shape index (κ3) is 2.50. The van der Waals surface area contributed by atoms with E-state index in [1.165, 1.54) is 12.8 Å². The fourth-order valence-corrected chi connectivity index (χ4v) is 3.11. The van der Waals surface area contributed by atoms with E-state index < -0.39 is 0 Å². The summed E-state index contributed by atoms with van der Waals surface area (Å²) in [5.41, 5.74) is 2.43. The highest BCUT2D eigenvalue weighted by Gasteiger charge is 2.20. The van der Waals surface area contributed by atoms with Crippen LogP contribution in [0.15, 0.2) is 34.9 Å². The molecule has 1 aliphatic carbocycles. The van der Waals surface area contributed by atoms with E-state index >= 15 is 0 Å². The lowest BCUT2D eigenvalue weighted by molar-refractivity contribution is 0.112. The van der Waals surface area contributed by atoms with E-state index in [0.717, 1.165) is 34.9 Å². The van der Waals surface area contributed by atoms with Crippen LogP contribution in [0.4, 0.5) is 0 Å². The van der Waals surface area contributed by atoms with Gasteiger partial charge in [0.2, 0.25) is 0 Å². The zero-order valence-electron chi connectivity index (χ0n) is 10.6. The highest BCUT2D eigenvalue weighted by atomic mass is 79.9. The lowest BCUT2D eigenvalue weighted by atomic mass is 10.1. The Balaban J connectivity index is 2.02. The average Bonchev–Trinajstić information content (AvgIpc) is 3.07. The van der Waals surface area contributed by atoms with Crippen LogP contribution < -0.4 is 0 Å². The van der Waals surface area contributed by atoms with Crippen molar-refractivity contribution in [2.24, 2.45) is 0 Å². The molecular weight excluding hydrogens is 304 g/mol. The maximum Gasteiger partial charge on any atom is 0.153 e. The Morgan fingerprint density at radius 3 is 2.79 bits per heavy atom. The number of benzene rings is 1. The molecule has 1 fully saturated rings. The molecule has 0 saturated heterocycles. The summed E-state index contributed by atoms with van der Waals surface area (Å²) in [4.78, 5) is 11.2. The number of carbonyl (C=O) groups excluding carboxylic acids is 1. The van der Waals surface area contributed by atoms with E-state index in [1.807, 2.05) is 35.1 Å². The van der Waals surface area contributed by atoms with Gasteiger partial charge in [0.15, 0.2) is 6.29 Å². The lowest BCUT2D eigenvalue weighted by Gasteiger charge is -2.08. The van der Waals surface area contributed by atoms with Crippen LogP contribution in [0, 0.1) is 0 Å². The van der Waals surface area contributed by atoms with Crippen molar-refractivity contribution in [1.82, 2.24) is 9.78 Å². The predicted octanol–water partition coefficient (Wildman–Crippen LogP) is 4.24. The van der Waals surface area contributed by atoms with Gasteiger partial charge in [0.25, 0.3) is 0 Å². The van der Waals surface area contributed by atoms with Gasteiger partial charge in [0.1, 0.15) is 5.69 Å². The number of nitrogens with zero attached hydrogens (tertiary/aromatic N) is 2. The molecule has 0 radical (unpaired) electrons. The average molecular weight is 319 g/mol. The number of hydrogen-bond acceptors (Lipinski definition) is 2. The Hall–Kier alpha value is -1.42. The molecule has 1 aromatic carbocycles. The summed E-state index contributed by atoms with van der Waals surface area (Å²) in [7, 11) is 0. The minimum atomic E-state index is 0.458. The molecule has 98 valence electrons. The van der Waals surface area contributed by atoms with Gasteiger partial charge in [0, 0.05) is 16.2 Å². The fraction of sp³-hybridized carbons (Fsp3) is 0.333. The van der Waals surface area contributed by atoms with Crippen molar-refractivity contribution in [3.63, 3.8) is 0 Å². The van der Waals surface area contributed by atoms with Crippen LogP contribution in [0.25, 0.3) is 11.3 Å². The summed E-state index contributed by atoms with van der Waals surface area (Å²) < 4.78 is 2.98. The molecule has 0 unspecified atom stereocenters. The third-order valence-corrected chi connectivity index (χ3v) is 4.18. The molecule has 0 bridgehead atoms. The first kappa shape index (κ1) is 12.6. The molecule has 4 heteroatoms. The molecule has 19 heavy (non-hydrogen) atoms. The Bertz CT molecular complexity index is 600. The van der Waals surface area contributed by atoms with Crippen molar-refractivity contribution >= 4 is 22.2 Å². The molecule has 0 N–H and O–H groups in total. The number of aromatic nitrogens is 2. The molecule has 3 rings (SSSR count). The van der Waals surface area contributed by atoms with Gasteiger partial charge in [0.05, 0.1) is 11.6 Å². The van der Waals surface area contributed by atoms with E-state index in [-0.39, 0.29) is 0 Å². The minimum absolute atomic E-state index is 0.458. The first-order valence-electron chi connectivity index (χ1n) is 6.58. The van der Waals surface area contributed by atoms with Crippen LogP contribution in [0.1, 0.15) is 42.1 Å². The van der Waals surface area contributed by atoms with Crippen molar-refractivity contribution in [1.29, 1.82) is 0 Å². The van der Waals surface area contributed by atoms with Gasteiger partial charge in [-0.2, -0.15) is 5.10 Å². The van der Waals surface area contributed by atoms with E-state index in [1.54, 1.807) is 0 Å². The highest BCUT2D eigenvalue weighted by Crippen LogP contribution is 2.31. The van der Waals surface area contributed by atoms with E-state index in [4.69, 9.17) is 0 Å². The molecule has 1 aliphatic rings. The van der Waals surface area contributed by atoms with Crippen molar-refractivity contribution in [2.75, 3.05) is 0 Å². The van der Waals surface area contributed by atoms with Gasteiger partial charge >= 0.3 is 0 Å². The monoisotopic (exact) mass is 318 g/mol. The summed E-state index contributed by atoms with van der Waals surface area (Å²) in [6.07, 6.45) is 7.63. The molecule has 1 heterocycles. The van der Waals surface area contributed by atoms with Crippen LogP contribution in [-0.4, -0.2) is 16.1 Å². The summed E-state index contributed by atoms with van der Waals surface area (Å²) >= 11 is 3.46.